The number of hydrogen-bond donors (Lipinski definition) is 4. The molecule has 0 aliphatic heterocycles. The lowest BCUT2D eigenvalue weighted by atomic mass is 9.56. The fraction of sp³-hybridized carbons (Fsp3) is 0.429. The van der Waals surface area contributed by atoms with Crippen molar-refractivity contribution >= 4 is 21.6 Å². The Morgan fingerprint density at radius 2 is 0.750 bits per heavy atom. The summed E-state index contributed by atoms with van der Waals surface area (Å²) in [4.78, 5) is 0. The van der Waals surface area contributed by atoms with Crippen LogP contribution in [0.1, 0.15) is 45.9 Å². The standard InChI is InChI=1S/C28H28N2O4S2/c31-25-21-17-5-6-18(14-2-1-13(14)17)22(21)26(32)29(25)9-11-35-36-12-10-30-27(33)23-19-7-8-20(24(23)28(30)34)16-4-3-15(16)19/h1-8,13-20,31-34H,9-12H2/t13-,14?,15-,16?,17-,18+,19-,20+/m1/s1. The van der Waals surface area contributed by atoms with E-state index in [0.717, 1.165) is 33.8 Å². The van der Waals surface area contributed by atoms with Crippen molar-refractivity contribution in [1.82, 2.24) is 9.13 Å². The molecule has 0 radical (unpaired) electrons. The van der Waals surface area contributed by atoms with Crippen molar-refractivity contribution in [2.24, 2.45) is 23.7 Å². The molecular formula is C28H28N2O4S2. The van der Waals surface area contributed by atoms with Crippen LogP contribution in [-0.4, -0.2) is 41.1 Å². The molecular weight excluding hydrogens is 492 g/mol. The molecule has 4 N–H and O–H groups in total. The minimum absolute atomic E-state index is 0.165. The topological polar surface area (TPSA) is 90.8 Å². The van der Waals surface area contributed by atoms with Crippen LogP contribution in [0.15, 0.2) is 48.6 Å². The monoisotopic (exact) mass is 520 g/mol. The van der Waals surface area contributed by atoms with Gasteiger partial charge in [-0.2, -0.15) is 0 Å². The lowest BCUT2D eigenvalue weighted by molar-refractivity contribution is 0.306. The fourth-order valence-corrected chi connectivity index (χ4v) is 9.60. The lowest BCUT2D eigenvalue weighted by Crippen LogP contribution is -2.36. The Kier molecular flexibility index (Phi) is 4.47. The minimum Gasteiger partial charge on any atom is -0.494 e. The molecule has 10 rings (SSSR count). The number of rotatable bonds is 7. The van der Waals surface area contributed by atoms with E-state index < -0.39 is 0 Å². The second-order valence-electron chi connectivity index (χ2n) is 10.8. The van der Waals surface area contributed by atoms with Gasteiger partial charge in [-0.3, -0.25) is 9.13 Å². The van der Waals surface area contributed by atoms with Gasteiger partial charge in [-0.15, -0.1) is 0 Å². The molecule has 2 aromatic rings. The fourth-order valence-electron chi connectivity index (χ4n) is 7.70. The van der Waals surface area contributed by atoms with Crippen molar-refractivity contribution in [1.29, 1.82) is 0 Å². The highest BCUT2D eigenvalue weighted by Crippen LogP contribution is 2.63. The van der Waals surface area contributed by atoms with Crippen molar-refractivity contribution in [3.05, 3.63) is 70.9 Å². The second-order valence-corrected chi connectivity index (χ2v) is 13.6. The highest BCUT2D eigenvalue weighted by atomic mass is 33.1. The van der Waals surface area contributed by atoms with Crippen molar-refractivity contribution in [3.8, 4) is 23.5 Å². The molecule has 0 saturated carbocycles. The van der Waals surface area contributed by atoms with Crippen LogP contribution < -0.4 is 0 Å². The van der Waals surface area contributed by atoms with Crippen LogP contribution in [0.2, 0.25) is 0 Å². The van der Waals surface area contributed by atoms with Crippen molar-refractivity contribution in [2.75, 3.05) is 11.5 Å². The SMILES string of the molecule is Oc1c2c(c(O)n1CCSSCCn1c(O)c3c(c1O)[C@@H]1C=C[C@H]3C3C=C[C@H]31)[C@@H]1C=C[C@H]2C2C=C[C@H]21. The van der Waals surface area contributed by atoms with Gasteiger partial charge in [0.15, 0.2) is 23.5 Å². The molecule has 0 fully saturated rings. The van der Waals surface area contributed by atoms with Crippen molar-refractivity contribution in [2.45, 2.75) is 36.8 Å². The summed E-state index contributed by atoms with van der Waals surface area (Å²) in [5.74, 6) is 4.77. The summed E-state index contributed by atoms with van der Waals surface area (Å²) in [5, 5.41) is 43.8. The number of hydrogen-bond acceptors (Lipinski definition) is 6. The second kappa shape index (κ2) is 7.48. The first kappa shape index (κ1) is 21.5. The number of aromatic nitrogens is 2. The van der Waals surface area contributed by atoms with E-state index in [-0.39, 0.29) is 47.2 Å². The Labute approximate surface area is 217 Å². The van der Waals surface area contributed by atoms with Crippen LogP contribution in [0.25, 0.3) is 0 Å². The average molecular weight is 521 g/mol. The van der Waals surface area contributed by atoms with Gasteiger partial charge in [-0.25, -0.2) is 0 Å². The molecule has 8 heteroatoms. The van der Waals surface area contributed by atoms with Gasteiger partial charge in [0.05, 0.1) is 0 Å². The summed E-state index contributed by atoms with van der Waals surface area (Å²) in [5.41, 5.74) is 3.66. The molecule has 2 unspecified atom stereocenters. The summed E-state index contributed by atoms with van der Waals surface area (Å²) in [6, 6.07) is 0. The van der Waals surface area contributed by atoms with Crippen LogP contribution in [0.3, 0.4) is 0 Å². The Morgan fingerprint density at radius 3 is 1.00 bits per heavy atom. The molecule has 4 bridgehead atoms. The van der Waals surface area contributed by atoms with E-state index in [0.29, 0.717) is 36.8 Å². The predicted octanol–water partition coefficient (Wildman–Crippen LogP) is 5.30. The van der Waals surface area contributed by atoms with Crippen molar-refractivity contribution < 1.29 is 20.4 Å². The molecule has 36 heavy (non-hydrogen) atoms. The molecule has 2 aromatic heterocycles. The molecule has 0 spiro atoms. The summed E-state index contributed by atoms with van der Waals surface area (Å²) < 4.78 is 3.33. The minimum atomic E-state index is 0.165. The van der Waals surface area contributed by atoms with Crippen LogP contribution in [-0.2, 0) is 13.1 Å². The lowest BCUT2D eigenvalue weighted by Gasteiger charge is -2.47. The van der Waals surface area contributed by atoms with E-state index >= 15 is 0 Å². The smallest absolute Gasteiger partial charge is 0.198 e. The van der Waals surface area contributed by atoms with E-state index in [1.807, 2.05) is 0 Å². The van der Waals surface area contributed by atoms with Crippen LogP contribution in [0, 0.1) is 23.7 Å². The normalized spacial score (nSPS) is 34.8. The molecule has 8 aliphatic rings. The number of aromatic hydroxyl groups is 4. The van der Waals surface area contributed by atoms with E-state index in [1.165, 1.54) is 0 Å². The molecule has 0 amide bonds. The molecule has 186 valence electrons. The predicted molar refractivity (Wildman–Crippen MR) is 142 cm³/mol. The first-order valence-electron chi connectivity index (χ1n) is 12.8. The summed E-state index contributed by atoms with van der Waals surface area (Å²) in [6.45, 7) is 1.06. The van der Waals surface area contributed by atoms with Gasteiger partial charge in [0, 0.05) is 70.5 Å². The van der Waals surface area contributed by atoms with Gasteiger partial charge in [-0.1, -0.05) is 70.2 Å². The molecule has 2 heterocycles. The Hall–Kier alpha value is -2.58. The Morgan fingerprint density at radius 1 is 0.472 bits per heavy atom. The largest absolute Gasteiger partial charge is 0.494 e. The third-order valence-electron chi connectivity index (χ3n) is 9.49. The van der Waals surface area contributed by atoms with Crippen LogP contribution in [0.5, 0.6) is 23.5 Å². The maximum atomic E-state index is 10.9. The maximum absolute atomic E-state index is 10.9. The third-order valence-corrected chi connectivity index (χ3v) is 11.9. The van der Waals surface area contributed by atoms with E-state index in [2.05, 4.69) is 48.6 Å². The Bertz CT molecular complexity index is 1220. The van der Waals surface area contributed by atoms with Crippen LogP contribution >= 0.6 is 21.6 Å². The molecule has 0 saturated heterocycles. The van der Waals surface area contributed by atoms with Gasteiger partial charge >= 0.3 is 0 Å². The molecule has 8 atom stereocenters. The Balaban J connectivity index is 0.909. The highest BCUT2D eigenvalue weighted by molar-refractivity contribution is 8.76. The van der Waals surface area contributed by atoms with Gasteiger partial charge < -0.3 is 20.4 Å². The molecule has 8 aliphatic carbocycles. The zero-order valence-corrected chi connectivity index (χ0v) is 21.2. The van der Waals surface area contributed by atoms with E-state index in [9.17, 15) is 20.4 Å². The average Bonchev–Trinajstić information content (AvgIpc) is 3.23. The van der Waals surface area contributed by atoms with E-state index in [4.69, 9.17) is 0 Å². The zero-order chi connectivity index (χ0) is 24.3. The van der Waals surface area contributed by atoms with Gasteiger partial charge in [0.25, 0.3) is 0 Å². The molecule has 0 aromatic carbocycles. The summed E-state index contributed by atoms with van der Waals surface area (Å²) in [6.07, 6.45) is 17.7. The first-order chi connectivity index (χ1) is 17.6. The van der Waals surface area contributed by atoms with Gasteiger partial charge in [0.1, 0.15) is 0 Å². The maximum Gasteiger partial charge on any atom is 0.198 e. The summed E-state index contributed by atoms with van der Waals surface area (Å²) >= 11 is 0. The van der Waals surface area contributed by atoms with Crippen LogP contribution in [0.4, 0.5) is 0 Å². The van der Waals surface area contributed by atoms with Gasteiger partial charge in [0.2, 0.25) is 0 Å². The van der Waals surface area contributed by atoms with Gasteiger partial charge in [-0.05, 0) is 23.7 Å². The number of nitrogens with zero attached hydrogens (tertiary/aromatic N) is 2. The van der Waals surface area contributed by atoms with Crippen molar-refractivity contribution in [3.63, 3.8) is 0 Å². The first-order valence-corrected chi connectivity index (χ1v) is 15.3. The highest BCUT2D eigenvalue weighted by Gasteiger charge is 2.51. The molecule has 6 nitrogen and oxygen atoms in total. The third kappa shape index (κ3) is 2.57. The van der Waals surface area contributed by atoms with E-state index in [1.54, 1.807) is 30.7 Å². The zero-order valence-electron chi connectivity index (χ0n) is 19.6. The quantitative estimate of drug-likeness (QED) is 0.225. The summed E-state index contributed by atoms with van der Waals surface area (Å²) in [7, 11) is 3.36. The number of allylic oxidation sites excluding steroid dienone is 8.